The van der Waals surface area contributed by atoms with Crippen molar-refractivity contribution in [3.63, 3.8) is 0 Å². The molecule has 3 atom stereocenters. The van der Waals surface area contributed by atoms with E-state index in [1.807, 2.05) is 18.7 Å². The predicted octanol–water partition coefficient (Wildman–Crippen LogP) is 1.03. The van der Waals surface area contributed by atoms with E-state index in [0.717, 1.165) is 37.2 Å². The molecule has 0 radical (unpaired) electrons. The molecule has 23 heavy (non-hydrogen) atoms. The van der Waals surface area contributed by atoms with Crippen LogP contribution in [0, 0.1) is 6.92 Å². The van der Waals surface area contributed by atoms with Gasteiger partial charge in [-0.2, -0.15) is 5.10 Å². The molecule has 1 aromatic rings. The van der Waals surface area contributed by atoms with Gasteiger partial charge in [0.15, 0.2) is 0 Å². The fourth-order valence-corrected chi connectivity index (χ4v) is 3.94. The van der Waals surface area contributed by atoms with E-state index in [-0.39, 0.29) is 11.9 Å². The van der Waals surface area contributed by atoms with Crippen molar-refractivity contribution in [3.05, 3.63) is 17.5 Å². The van der Waals surface area contributed by atoms with Gasteiger partial charge in [-0.3, -0.25) is 14.4 Å². The second-order valence-electron chi connectivity index (χ2n) is 6.87. The van der Waals surface area contributed by atoms with E-state index in [9.17, 15) is 4.79 Å². The number of carbonyl (C=O) groups is 1. The van der Waals surface area contributed by atoms with Crippen LogP contribution >= 0.6 is 0 Å². The molecule has 3 rings (SSSR count). The number of nitrogens with zero attached hydrogens (tertiary/aromatic N) is 3. The molecule has 2 fully saturated rings. The maximum Gasteiger partial charge on any atom is 0.224 e. The standard InChI is InChI=1S/C17H28N4O2/c1-12-13(10-18-20(12)2)9-17(22)19-15-5-4-6-16(15)21-8-7-14(11-21)23-3/h10,14-16H,4-9,11H2,1-3H3,(H,19,22)/t14?,15-,16+/m1/s1. The molecule has 1 aliphatic carbocycles. The summed E-state index contributed by atoms with van der Waals surface area (Å²) < 4.78 is 7.29. The minimum atomic E-state index is 0.112. The number of aromatic nitrogens is 2. The molecule has 0 bridgehead atoms. The average Bonchev–Trinajstić information content (AvgIpc) is 3.24. The third kappa shape index (κ3) is 3.58. The molecule has 1 saturated carbocycles. The van der Waals surface area contributed by atoms with E-state index < -0.39 is 0 Å². The number of nitrogens with one attached hydrogen (secondary N) is 1. The second-order valence-corrected chi connectivity index (χ2v) is 6.87. The molecule has 2 heterocycles. The highest BCUT2D eigenvalue weighted by molar-refractivity contribution is 5.79. The number of hydrogen-bond acceptors (Lipinski definition) is 4. The lowest BCUT2D eigenvalue weighted by atomic mass is 10.1. The quantitative estimate of drug-likeness (QED) is 0.880. The van der Waals surface area contributed by atoms with Crippen molar-refractivity contribution in [2.24, 2.45) is 7.05 Å². The highest BCUT2D eigenvalue weighted by atomic mass is 16.5. The molecule has 0 spiro atoms. The van der Waals surface area contributed by atoms with Crippen molar-refractivity contribution in [1.82, 2.24) is 20.0 Å². The Kier molecular flexibility index (Phi) is 5.02. The molecule has 1 N–H and O–H groups in total. The zero-order chi connectivity index (χ0) is 16.4. The number of aryl methyl sites for hydroxylation is 1. The van der Waals surface area contributed by atoms with Gasteiger partial charge in [-0.15, -0.1) is 0 Å². The van der Waals surface area contributed by atoms with E-state index in [0.29, 0.717) is 18.6 Å². The molecule has 0 aromatic carbocycles. The second kappa shape index (κ2) is 7.01. The van der Waals surface area contributed by atoms with Crippen LogP contribution in [0.4, 0.5) is 0 Å². The van der Waals surface area contributed by atoms with Crippen LogP contribution in [0.1, 0.15) is 36.9 Å². The summed E-state index contributed by atoms with van der Waals surface area (Å²) in [5.41, 5.74) is 2.07. The first kappa shape index (κ1) is 16.5. The first-order chi connectivity index (χ1) is 11.1. The van der Waals surface area contributed by atoms with Crippen LogP contribution < -0.4 is 5.32 Å². The monoisotopic (exact) mass is 320 g/mol. The van der Waals surface area contributed by atoms with Gasteiger partial charge in [0.25, 0.3) is 0 Å². The van der Waals surface area contributed by atoms with Crippen LogP contribution in [0.2, 0.25) is 0 Å². The number of hydrogen-bond donors (Lipinski definition) is 1. The zero-order valence-corrected chi connectivity index (χ0v) is 14.4. The highest BCUT2D eigenvalue weighted by Gasteiger charge is 2.36. The average molecular weight is 320 g/mol. The summed E-state index contributed by atoms with van der Waals surface area (Å²) in [7, 11) is 3.70. The normalized spacial score (nSPS) is 28.4. The minimum absolute atomic E-state index is 0.112. The Morgan fingerprint density at radius 3 is 2.91 bits per heavy atom. The molecule has 6 nitrogen and oxygen atoms in total. The fraction of sp³-hybridized carbons (Fsp3) is 0.765. The summed E-state index contributed by atoms with van der Waals surface area (Å²) >= 11 is 0. The third-order valence-electron chi connectivity index (χ3n) is 5.49. The van der Waals surface area contributed by atoms with Crippen LogP contribution in [-0.4, -0.2) is 59.0 Å². The first-order valence-electron chi connectivity index (χ1n) is 8.62. The van der Waals surface area contributed by atoms with Gasteiger partial charge in [-0.1, -0.05) is 0 Å². The van der Waals surface area contributed by atoms with E-state index >= 15 is 0 Å². The summed E-state index contributed by atoms with van der Waals surface area (Å²) in [6, 6.07) is 0.740. The third-order valence-corrected chi connectivity index (χ3v) is 5.49. The summed E-state index contributed by atoms with van der Waals surface area (Å²) in [5.74, 6) is 0.112. The van der Waals surface area contributed by atoms with Crippen molar-refractivity contribution in [2.75, 3.05) is 20.2 Å². The molecule has 128 valence electrons. The number of amides is 1. The van der Waals surface area contributed by atoms with E-state index in [4.69, 9.17) is 4.74 Å². The lowest BCUT2D eigenvalue weighted by Crippen LogP contribution is -2.48. The molecule has 1 unspecified atom stereocenters. The number of carbonyl (C=O) groups excluding carboxylic acids is 1. The molecule has 1 saturated heterocycles. The van der Waals surface area contributed by atoms with Gasteiger partial charge < -0.3 is 10.1 Å². The SMILES string of the molecule is COC1CCN([C@H]2CCC[C@H]2NC(=O)Cc2cnn(C)c2C)C1. The Hall–Kier alpha value is -1.40. The van der Waals surface area contributed by atoms with Crippen LogP contribution in [0.3, 0.4) is 0 Å². The minimum Gasteiger partial charge on any atom is -0.380 e. The molecular formula is C17H28N4O2. The summed E-state index contributed by atoms with van der Waals surface area (Å²) in [4.78, 5) is 14.9. The maximum absolute atomic E-state index is 12.4. The lowest BCUT2D eigenvalue weighted by molar-refractivity contribution is -0.121. The number of rotatable bonds is 5. The van der Waals surface area contributed by atoms with Gasteiger partial charge in [0.1, 0.15) is 0 Å². The van der Waals surface area contributed by atoms with E-state index in [2.05, 4.69) is 15.3 Å². The largest absolute Gasteiger partial charge is 0.380 e. The van der Waals surface area contributed by atoms with E-state index in [1.165, 1.54) is 12.8 Å². The molecule has 1 aromatic heterocycles. The van der Waals surface area contributed by atoms with Crippen molar-refractivity contribution >= 4 is 5.91 Å². The van der Waals surface area contributed by atoms with Crippen molar-refractivity contribution in [2.45, 2.75) is 57.2 Å². The van der Waals surface area contributed by atoms with E-state index in [1.54, 1.807) is 13.3 Å². The number of ether oxygens (including phenoxy) is 1. The zero-order valence-electron chi connectivity index (χ0n) is 14.4. The topological polar surface area (TPSA) is 59.4 Å². The predicted molar refractivity (Wildman–Crippen MR) is 88.2 cm³/mol. The summed E-state index contributed by atoms with van der Waals surface area (Å²) in [6.45, 7) is 4.08. The number of methoxy groups -OCH3 is 1. The molecular weight excluding hydrogens is 292 g/mol. The molecule has 1 amide bonds. The van der Waals surface area contributed by atoms with Crippen LogP contribution in [-0.2, 0) is 23.0 Å². The van der Waals surface area contributed by atoms with Gasteiger partial charge in [0, 0.05) is 50.6 Å². The van der Waals surface area contributed by atoms with Crippen molar-refractivity contribution in [3.8, 4) is 0 Å². The van der Waals surface area contributed by atoms with Gasteiger partial charge in [-0.05, 0) is 32.6 Å². The molecule has 2 aliphatic rings. The van der Waals surface area contributed by atoms with Gasteiger partial charge in [-0.25, -0.2) is 0 Å². The van der Waals surface area contributed by atoms with Gasteiger partial charge in [0.2, 0.25) is 5.91 Å². The first-order valence-corrected chi connectivity index (χ1v) is 8.62. The van der Waals surface area contributed by atoms with Crippen molar-refractivity contribution in [1.29, 1.82) is 0 Å². The number of likely N-dealkylation sites (tertiary alicyclic amines) is 1. The van der Waals surface area contributed by atoms with Crippen molar-refractivity contribution < 1.29 is 9.53 Å². The Bertz CT molecular complexity index is 557. The van der Waals surface area contributed by atoms with Gasteiger partial charge in [0.05, 0.1) is 18.7 Å². The smallest absolute Gasteiger partial charge is 0.224 e. The Balaban J connectivity index is 1.56. The summed E-state index contributed by atoms with van der Waals surface area (Å²) in [6.07, 6.45) is 7.11. The van der Waals surface area contributed by atoms with Crippen LogP contribution in [0.25, 0.3) is 0 Å². The Morgan fingerprint density at radius 1 is 1.43 bits per heavy atom. The molecule has 1 aliphatic heterocycles. The Labute approximate surface area is 138 Å². The fourth-order valence-electron chi connectivity index (χ4n) is 3.94. The van der Waals surface area contributed by atoms with Crippen LogP contribution in [0.5, 0.6) is 0 Å². The Morgan fingerprint density at radius 2 is 2.26 bits per heavy atom. The lowest BCUT2D eigenvalue weighted by Gasteiger charge is -2.30. The van der Waals surface area contributed by atoms with Crippen LogP contribution in [0.15, 0.2) is 6.20 Å². The molecule has 6 heteroatoms. The summed E-state index contributed by atoms with van der Waals surface area (Å²) in [5, 5.41) is 7.48. The van der Waals surface area contributed by atoms with Gasteiger partial charge >= 0.3 is 0 Å². The maximum atomic E-state index is 12.4. The highest BCUT2D eigenvalue weighted by Crippen LogP contribution is 2.28.